The van der Waals surface area contributed by atoms with E-state index in [1.807, 2.05) is 0 Å². The van der Waals surface area contributed by atoms with Crippen LogP contribution < -0.4 is 0 Å². The van der Waals surface area contributed by atoms with Crippen molar-refractivity contribution in [2.24, 2.45) is 28.6 Å². The number of rotatable bonds is 2. The summed E-state index contributed by atoms with van der Waals surface area (Å²) < 4.78 is 0. The second-order valence-electron chi connectivity index (χ2n) is 8.45. The van der Waals surface area contributed by atoms with Crippen LogP contribution >= 0.6 is 0 Å². The maximum Gasteiger partial charge on any atom is 0.0184 e. The third-order valence-electron chi connectivity index (χ3n) is 5.62. The van der Waals surface area contributed by atoms with E-state index in [9.17, 15) is 0 Å². The predicted molar refractivity (Wildman–Crippen MR) is 75.0 cm³/mol. The normalized spacial score (nSPS) is 38.3. The smallest absolute Gasteiger partial charge is 0.0184 e. The van der Waals surface area contributed by atoms with Crippen LogP contribution in [0.15, 0.2) is 0 Å². The lowest BCUT2D eigenvalue weighted by atomic mass is 9.80. The minimum atomic E-state index is 0.413. The molecule has 4 atom stereocenters. The van der Waals surface area contributed by atoms with Gasteiger partial charge in [0.1, 0.15) is 0 Å². The fraction of sp³-hybridized carbons (Fsp3) is 1.00. The van der Waals surface area contributed by atoms with Gasteiger partial charge in [-0.15, -0.1) is 0 Å². The van der Waals surface area contributed by atoms with Crippen molar-refractivity contribution < 1.29 is 0 Å². The van der Waals surface area contributed by atoms with Crippen molar-refractivity contribution in [3.8, 4) is 0 Å². The van der Waals surface area contributed by atoms with Gasteiger partial charge in [0.05, 0.1) is 0 Å². The molecule has 17 heavy (non-hydrogen) atoms. The summed E-state index contributed by atoms with van der Waals surface area (Å²) in [4.78, 5) is 2.81. The van der Waals surface area contributed by atoms with Gasteiger partial charge in [-0.05, 0) is 35.5 Å². The summed E-state index contributed by atoms with van der Waals surface area (Å²) in [5.41, 5.74) is 1.02. The third kappa shape index (κ3) is 1.95. The Morgan fingerprint density at radius 3 is 2.06 bits per heavy atom. The Bertz CT molecular complexity index is 297. The monoisotopic (exact) mass is 237 g/mol. The first-order chi connectivity index (χ1) is 7.58. The molecule has 0 spiro atoms. The number of piperidine rings is 1. The molecule has 2 fully saturated rings. The largest absolute Gasteiger partial charge is 0.296 e. The van der Waals surface area contributed by atoms with E-state index in [0.29, 0.717) is 10.8 Å². The first-order valence-electron chi connectivity index (χ1n) is 7.34. The van der Waals surface area contributed by atoms with Crippen LogP contribution in [0.1, 0.15) is 55.4 Å². The highest BCUT2D eigenvalue weighted by atomic mass is 15.3. The van der Waals surface area contributed by atoms with E-state index in [4.69, 9.17) is 0 Å². The molecule has 0 bridgehead atoms. The van der Waals surface area contributed by atoms with Gasteiger partial charge in [0, 0.05) is 18.6 Å². The lowest BCUT2D eigenvalue weighted by Gasteiger charge is -2.44. The fourth-order valence-corrected chi connectivity index (χ4v) is 4.15. The van der Waals surface area contributed by atoms with Gasteiger partial charge in [-0.1, -0.05) is 48.5 Å². The summed E-state index contributed by atoms with van der Waals surface area (Å²) in [6, 6.07) is 1.50. The van der Waals surface area contributed by atoms with Crippen molar-refractivity contribution in [3.05, 3.63) is 0 Å². The first-order valence-corrected chi connectivity index (χ1v) is 7.34. The van der Waals surface area contributed by atoms with Gasteiger partial charge in [-0.3, -0.25) is 4.90 Å². The van der Waals surface area contributed by atoms with Crippen molar-refractivity contribution >= 4 is 0 Å². The van der Waals surface area contributed by atoms with Crippen LogP contribution in [0.4, 0.5) is 0 Å². The van der Waals surface area contributed by atoms with Crippen molar-refractivity contribution in [1.29, 1.82) is 0 Å². The maximum atomic E-state index is 2.81. The molecule has 0 aromatic carbocycles. The molecule has 100 valence electrons. The van der Waals surface area contributed by atoms with Gasteiger partial charge in [0.2, 0.25) is 0 Å². The summed E-state index contributed by atoms with van der Waals surface area (Å²) in [6.45, 7) is 20.7. The minimum absolute atomic E-state index is 0.413. The van der Waals surface area contributed by atoms with Gasteiger partial charge in [0.15, 0.2) is 0 Å². The van der Waals surface area contributed by atoms with Crippen molar-refractivity contribution in [3.63, 3.8) is 0 Å². The first kappa shape index (κ1) is 13.4. The molecular weight excluding hydrogens is 206 g/mol. The van der Waals surface area contributed by atoms with Crippen LogP contribution in [-0.2, 0) is 0 Å². The molecule has 1 heteroatoms. The maximum absolute atomic E-state index is 2.81. The number of fused-ring (bicyclic) bond motifs is 1. The van der Waals surface area contributed by atoms with Crippen LogP contribution in [0.2, 0.25) is 0 Å². The SMILES string of the molecule is CC(C)C(C)N1CC2C(C1C(C)(C)C)C2(C)C. The Balaban J connectivity index is 2.21. The molecule has 2 rings (SSSR count). The third-order valence-corrected chi connectivity index (χ3v) is 5.62. The summed E-state index contributed by atoms with van der Waals surface area (Å²) in [6.07, 6.45) is 0. The van der Waals surface area contributed by atoms with Crippen molar-refractivity contribution in [2.75, 3.05) is 6.54 Å². The molecule has 1 nitrogen and oxygen atoms in total. The molecule has 0 radical (unpaired) electrons. The molecule has 4 unspecified atom stereocenters. The van der Waals surface area contributed by atoms with E-state index in [2.05, 4.69) is 60.3 Å². The lowest BCUT2D eigenvalue weighted by Crippen LogP contribution is -2.50. The Kier molecular flexibility index (Phi) is 2.94. The average Bonchev–Trinajstić information content (AvgIpc) is 2.61. The molecule has 1 saturated heterocycles. The molecule has 1 aliphatic carbocycles. The van der Waals surface area contributed by atoms with Gasteiger partial charge >= 0.3 is 0 Å². The van der Waals surface area contributed by atoms with Crippen LogP contribution in [-0.4, -0.2) is 23.5 Å². The number of hydrogen-bond donors (Lipinski definition) is 0. The highest BCUT2D eigenvalue weighted by molar-refractivity contribution is 5.19. The Morgan fingerprint density at radius 2 is 1.65 bits per heavy atom. The van der Waals surface area contributed by atoms with Crippen LogP contribution in [0, 0.1) is 28.6 Å². The summed E-state index contributed by atoms with van der Waals surface area (Å²) in [7, 11) is 0. The number of nitrogens with zero attached hydrogens (tertiary/aromatic N) is 1. The summed E-state index contributed by atoms with van der Waals surface area (Å²) in [5.74, 6) is 2.65. The van der Waals surface area contributed by atoms with Crippen molar-refractivity contribution in [1.82, 2.24) is 4.90 Å². The molecule has 0 aromatic rings. The Hall–Kier alpha value is -0.0400. The molecule has 1 saturated carbocycles. The van der Waals surface area contributed by atoms with E-state index in [-0.39, 0.29) is 0 Å². The lowest BCUT2D eigenvalue weighted by molar-refractivity contribution is 0.0432. The average molecular weight is 237 g/mol. The second-order valence-corrected chi connectivity index (χ2v) is 8.45. The Morgan fingerprint density at radius 1 is 1.12 bits per heavy atom. The molecule has 0 aromatic heterocycles. The van der Waals surface area contributed by atoms with E-state index < -0.39 is 0 Å². The second kappa shape index (κ2) is 3.73. The molecule has 1 heterocycles. The van der Waals surface area contributed by atoms with Crippen LogP contribution in [0.5, 0.6) is 0 Å². The number of hydrogen-bond acceptors (Lipinski definition) is 1. The van der Waals surface area contributed by atoms with Crippen LogP contribution in [0.25, 0.3) is 0 Å². The molecule has 2 aliphatic rings. The predicted octanol–water partition coefficient (Wildman–Crippen LogP) is 4.03. The van der Waals surface area contributed by atoms with E-state index in [1.165, 1.54) is 6.54 Å². The van der Waals surface area contributed by atoms with Crippen molar-refractivity contribution in [2.45, 2.75) is 67.5 Å². The molecule has 0 amide bonds. The topological polar surface area (TPSA) is 3.24 Å². The van der Waals surface area contributed by atoms with Gasteiger partial charge in [-0.25, -0.2) is 0 Å². The van der Waals surface area contributed by atoms with Gasteiger partial charge in [0.25, 0.3) is 0 Å². The molecule has 1 aliphatic heterocycles. The highest BCUT2D eigenvalue weighted by Crippen LogP contribution is 2.67. The van der Waals surface area contributed by atoms with Crippen LogP contribution in [0.3, 0.4) is 0 Å². The molecule has 0 N–H and O–H groups in total. The zero-order valence-electron chi connectivity index (χ0n) is 13.0. The fourth-order valence-electron chi connectivity index (χ4n) is 4.15. The molecular formula is C16H31N. The summed E-state index contributed by atoms with van der Waals surface area (Å²) >= 11 is 0. The zero-order valence-corrected chi connectivity index (χ0v) is 13.0. The number of likely N-dealkylation sites (tertiary alicyclic amines) is 1. The standard InChI is InChI=1S/C16H31N/c1-10(2)11(3)17-9-12-13(16(12,7)8)14(17)15(4,5)6/h10-14H,9H2,1-8H3. The van der Waals surface area contributed by atoms with E-state index in [0.717, 1.165) is 29.8 Å². The van der Waals surface area contributed by atoms with Gasteiger partial charge in [-0.2, -0.15) is 0 Å². The van der Waals surface area contributed by atoms with Gasteiger partial charge < -0.3 is 0 Å². The van der Waals surface area contributed by atoms with E-state index in [1.54, 1.807) is 0 Å². The minimum Gasteiger partial charge on any atom is -0.296 e. The summed E-state index contributed by atoms with van der Waals surface area (Å²) in [5, 5.41) is 0. The van der Waals surface area contributed by atoms with E-state index >= 15 is 0 Å². The Labute approximate surface area is 108 Å². The quantitative estimate of drug-likeness (QED) is 0.701. The zero-order chi connectivity index (χ0) is 13.2. The highest BCUT2D eigenvalue weighted by Gasteiger charge is 2.68.